The van der Waals surface area contributed by atoms with Crippen LogP contribution in [0, 0.1) is 0 Å². The molecule has 0 atom stereocenters. The second-order valence-electron chi connectivity index (χ2n) is 3.32. The minimum absolute atomic E-state index is 0.538. The van der Waals surface area contributed by atoms with Crippen LogP contribution in [-0.2, 0) is 4.74 Å². The molecule has 0 bridgehead atoms. The highest BCUT2D eigenvalue weighted by atomic mass is 32.2. The van der Waals surface area contributed by atoms with E-state index >= 15 is 0 Å². The van der Waals surface area contributed by atoms with Crippen molar-refractivity contribution in [3.05, 3.63) is 0 Å². The molecule has 2 fully saturated rings. The third-order valence-corrected chi connectivity index (χ3v) is 4.11. The Bertz CT molecular complexity index is 109. The summed E-state index contributed by atoms with van der Waals surface area (Å²) in [6.45, 7) is 4.32. The van der Waals surface area contributed by atoms with E-state index in [-0.39, 0.29) is 0 Å². The maximum atomic E-state index is 5.36. The van der Waals surface area contributed by atoms with Crippen molar-refractivity contribution < 1.29 is 4.74 Å². The standard InChI is InChI=1S/C8H15NOS/c1-4-10-5-2-8(1)7-9-3-6-11-8/h9H,1-7H2. The largest absolute Gasteiger partial charge is 0.381 e. The van der Waals surface area contributed by atoms with Crippen LogP contribution < -0.4 is 5.32 Å². The number of ether oxygens (including phenoxy) is 1. The van der Waals surface area contributed by atoms with Crippen LogP contribution in [0.4, 0.5) is 0 Å². The molecule has 2 nitrogen and oxygen atoms in total. The van der Waals surface area contributed by atoms with Crippen LogP contribution in [0.3, 0.4) is 0 Å². The Kier molecular flexibility index (Phi) is 2.39. The molecule has 2 aliphatic rings. The number of hydrogen-bond acceptors (Lipinski definition) is 3. The van der Waals surface area contributed by atoms with Crippen molar-refractivity contribution in [1.82, 2.24) is 5.32 Å². The Labute approximate surface area is 72.1 Å². The molecule has 11 heavy (non-hydrogen) atoms. The minimum atomic E-state index is 0.538. The lowest BCUT2D eigenvalue weighted by Gasteiger charge is -2.39. The Hall–Kier alpha value is 0.270. The van der Waals surface area contributed by atoms with Crippen molar-refractivity contribution in [2.75, 3.05) is 32.1 Å². The molecule has 0 amide bonds. The maximum absolute atomic E-state index is 5.36. The van der Waals surface area contributed by atoms with Crippen molar-refractivity contribution in [2.45, 2.75) is 17.6 Å². The number of hydrogen-bond donors (Lipinski definition) is 1. The van der Waals surface area contributed by atoms with Crippen molar-refractivity contribution in [3.63, 3.8) is 0 Å². The monoisotopic (exact) mass is 173 g/mol. The zero-order valence-electron chi connectivity index (χ0n) is 6.77. The van der Waals surface area contributed by atoms with E-state index < -0.39 is 0 Å². The molecule has 1 N–H and O–H groups in total. The average Bonchev–Trinajstić information content (AvgIpc) is 2.07. The van der Waals surface area contributed by atoms with Crippen LogP contribution in [0.15, 0.2) is 0 Å². The van der Waals surface area contributed by atoms with Gasteiger partial charge in [0.25, 0.3) is 0 Å². The van der Waals surface area contributed by atoms with E-state index in [0.717, 1.165) is 13.2 Å². The fraction of sp³-hybridized carbons (Fsp3) is 1.00. The summed E-state index contributed by atoms with van der Waals surface area (Å²) in [7, 11) is 0. The van der Waals surface area contributed by atoms with Gasteiger partial charge in [-0.3, -0.25) is 0 Å². The third-order valence-electron chi connectivity index (χ3n) is 2.54. The number of thioether (sulfide) groups is 1. The molecule has 2 aliphatic heterocycles. The number of nitrogens with one attached hydrogen (secondary N) is 1. The zero-order chi connectivity index (χ0) is 7.57. The van der Waals surface area contributed by atoms with Crippen molar-refractivity contribution in [1.29, 1.82) is 0 Å². The molecule has 2 rings (SSSR count). The number of rotatable bonds is 0. The summed E-state index contributed by atoms with van der Waals surface area (Å²) in [6.07, 6.45) is 2.48. The fourth-order valence-corrected chi connectivity index (χ4v) is 3.11. The first kappa shape index (κ1) is 7.90. The van der Waals surface area contributed by atoms with Gasteiger partial charge in [0.2, 0.25) is 0 Å². The van der Waals surface area contributed by atoms with E-state index in [1.165, 1.54) is 31.7 Å². The van der Waals surface area contributed by atoms with E-state index in [2.05, 4.69) is 17.1 Å². The average molecular weight is 173 g/mol. The third kappa shape index (κ3) is 1.71. The molecule has 0 unspecified atom stereocenters. The molecule has 64 valence electrons. The molecular formula is C8H15NOS. The molecule has 0 aliphatic carbocycles. The highest BCUT2D eigenvalue weighted by molar-refractivity contribution is 8.00. The van der Waals surface area contributed by atoms with Gasteiger partial charge in [0.05, 0.1) is 0 Å². The highest BCUT2D eigenvalue weighted by Crippen LogP contribution is 2.36. The second kappa shape index (κ2) is 3.33. The molecule has 0 aromatic rings. The van der Waals surface area contributed by atoms with E-state index in [4.69, 9.17) is 4.74 Å². The lowest BCUT2D eigenvalue weighted by Crippen LogP contribution is -2.47. The Balaban J connectivity index is 1.94. The smallest absolute Gasteiger partial charge is 0.0479 e. The van der Waals surface area contributed by atoms with Gasteiger partial charge in [0.1, 0.15) is 0 Å². The van der Waals surface area contributed by atoms with Gasteiger partial charge in [-0.1, -0.05) is 0 Å². The highest BCUT2D eigenvalue weighted by Gasteiger charge is 2.34. The van der Waals surface area contributed by atoms with Gasteiger partial charge in [-0.25, -0.2) is 0 Å². The van der Waals surface area contributed by atoms with Crippen LogP contribution in [0.5, 0.6) is 0 Å². The van der Waals surface area contributed by atoms with Gasteiger partial charge < -0.3 is 10.1 Å². The molecule has 0 saturated carbocycles. The first-order valence-electron chi connectivity index (χ1n) is 4.34. The topological polar surface area (TPSA) is 21.3 Å². The Morgan fingerprint density at radius 1 is 1.27 bits per heavy atom. The maximum Gasteiger partial charge on any atom is 0.0479 e. The van der Waals surface area contributed by atoms with Gasteiger partial charge >= 0.3 is 0 Å². The van der Waals surface area contributed by atoms with E-state index in [9.17, 15) is 0 Å². The van der Waals surface area contributed by atoms with E-state index in [1.807, 2.05) is 0 Å². The minimum Gasteiger partial charge on any atom is -0.381 e. The molecule has 0 aromatic heterocycles. The Morgan fingerprint density at radius 3 is 2.73 bits per heavy atom. The first-order valence-corrected chi connectivity index (χ1v) is 5.32. The summed E-state index contributed by atoms with van der Waals surface area (Å²) in [5.74, 6) is 1.28. The summed E-state index contributed by atoms with van der Waals surface area (Å²) >= 11 is 2.14. The van der Waals surface area contributed by atoms with Crippen LogP contribution in [0.25, 0.3) is 0 Å². The summed E-state index contributed by atoms with van der Waals surface area (Å²) in [5.41, 5.74) is 0. The van der Waals surface area contributed by atoms with E-state index in [1.54, 1.807) is 0 Å². The summed E-state index contributed by atoms with van der Waals surface area (Å²) in [5, 5.41) is 3.47. The normalized spacial score (nSPS) is 30.5. The molecular weight excluding hydrogens is 158 g/mol. The SMILES string of the molecule is C1CSC2(CCOCC2)CN1. The molecule has 3 heteroatoms. The van der Waals surface area contributed by atoms with Gasteiger partial charge in [0, 0.05) is 36.8 Å². The predicted octanol–water partition coefficient (Wildman–Crippen LogP) is 0.872. The first-order chi connectivity index (χ1) is 5.41. The Morgan fingerprint density at radius 2 is 2.09 bits per heavy atom. The van der Waals surface area contributed by atoms with E-state index in [0.29, 0.717) is 4.75 Å². The molecule has 2 heterocycles. The van der Waals surface area contributed by atoms with Crippen LogP contribution in [0.1, 0.15) is 12.8 Å². The van der Waals surface area contributed by atoms with Gasteiger partial charge in [0.15, 0.2) is 0 Å². The molecule has 0 radical (unpaired) electrons. The van der Waals surface area contributed by atoms with Gasteiger partial charge in [-0.2, -0.15) is 11.8 Å². The van der Waals surface area contributed by atoms with Crippen molar-refractivity contribution in [2.24, 2.45) is 0 Å². The van der Waals surface area contributed by atoms with Crippen molar-refractivity contribution >= 4 is 11.8 Å². The van der Waals surface area contributed by atoms with Crippen molar-refractivity contribution in [3.8, 4) is 0 Å². The van der Waals surface area contributed by atoms with Crippen LogP contribution >= 0.6 is 11.8 Å². The predicted molar refractivity (Wildman–Crippen MR) is 48.1 cm³/mol. The summed E-state index contributed by atoms with van der Waals surface area (Å²) in [4.78, 5) is 0. The fourth-order valence-electron chi connectivity index (χ4n) is 1.77. The van der Waals surface area contributed by atoms with Gasteiger partial charge in [-0.05, 0) is 12.8 Å². The second-order valence-corrected chi connectivity index (χ2v) is 4.88. The van der Waals surface area contributed by atoms with Crippen LogP contribution in [-0.4, -0.2) is 36.8 Å². The van der Waals surface area contributed by atoms with Crippen LogP contribution in [0.2, 0.25) is 0 Å². The molecule has 1 spiro atoms. The quantitative estimate of drug-likeness (QED) is 0.587. The zero-order valence-corrected chi connectivity index (χ0v) is 7.58. The lowest BCUT2D eigenvalue weighted by molar-refractivity contribution is 0.0765. The summed E-state index contributed by atoms with van der Waals surface area (Å²) in [6, 6.07) is 0. The lowest BCUT2D eigenvalue weighted by atomic mass is 9.99. The summed E-state index contributed by atoms with van der Waals surface area (Å²) < 4.78 is 5.89. The van der Waals surface area contributed by atoms with Gasteiger partial charge in [-0.15, -0.1) is 0 Å². The molecule has 0 aromatic carbocycles. The molecule has 2 saturated heterocycles.